The second kappa shape index (κ2) is 9.35. The molecule has 0 aliphatic rings. The Morgan fingerprint density at radius 2 is 1.85 bits per heavy atom. The highest BCUT2D eigenvalue weighted by Gasteiger charge is 2.11. The van der Waals surface area contributed by atoms with Crippen LogP contribution < -0.4 is 14.8 Å². The Balaban J connectivity index is 1.64. The Morgan fingerprint density at radius 3 is 2.56 bits per heavy atom. The highest BCUT2D eigenvalue weighted by molar-refractivity contribution is 6.31. The zero-order chi connectivity index (χ0) is 19.1. The quantitative estimate of drug-likeness (QED) is 0.606. The third-order valence-corrected chi connectivity index (χ3v) is 4.36. The van der Waals surface area contributed by atoms with Crippen LogP contribution in [0.5, 0.6) is 11.5 Å². The highest BCUT2D eigenvalue weighted by Crippen LogP contribution is 2.34. The molecule has 0 bridgehead atoms. The second-order valence-electron chi connectivity index (χ2n) is 5.97. The molecule has 0 fully saturated rings. The maximum Gasteiger partial charge on any atom is 0.163 e. The normalized spacial score (nSPS) is 10.6. The molecule has 0 aliphatic carbocycles. The standard InChI is InChI=1S/C21H20ClFN2O2/c1-26-20-9-17(13-25-12-16-3-2-8-24-11-16)19(22)10-21(20)27-14-15-4-6-18(23)7-5-15/h2-11,25H,12-14H2,1H3. The first-order valence-corrected chi connectivity index (χ1v) is 8.87. The Labute approximate surface area is 162 Å². The predicted molar refractivity (Wildman–Crippen MR) is 104 cm³/mol. The lowest BCUT2D eigenvalue weighted by atomic mass is 10.2. The number of methoxy groups -OCH3 is 1. The molecule has 0 saturated carbocycles. The number of pyridine rings is 1. The van der Waals surface area contributed by atoms with Gasteiger partial charge in [-0.15, -0.1) is 0 Å². The van der Waals surface area contributed by atoms with E-state index < -0.39 is 0 Å². The van der Waals surface area contributed by atoms with Crippen LogP contribution >= 0.6 is 11.6 Å². The van der Waals surface area contributed by atoms with Crippen LogP contribution in [-0.4, -0.2) is 12.1 Å². The van der Waals surface area contributed by atoms with E-state index in [-0.39, 0.29) is 5.82 Å². The summed E-state index contributed by atoms with van der Waals surface area (Å²) < 4.78 is 24.2. The van der Waals surface area contributed by atoms with Gasteiger partial charge in [-0.1, -0.05) is 29.8 Å². The first-order chi connectivity index (χ1) is 13.2. The zero-order valence-corrected chi connectivity index (χ0v) is 15.7. The van der Waals surface area contributed by atoms with Crippen molar-refractivity contribution in [1.29, 1.82) is 0 Å². The molecule has 3 aromatic rings. The van der Waals surface area contributed by atoms with Crippen LogP contribution in [0.25, 0.3) is 0 Å². The molecule has 0 saturated heterocycles. The van der Waals surface area contributed by atoms with Gasteiger partial charge in [-0.2, -0.15) is 0 Å². The average molecular weight is 387 g/mol. The first-order valence-electron chi connectivity index (χ1n) is 8.49. The summed E-state index contributed by atoms with van der Waals surface area (Å²) in [7, 11) is 1.58. The highest BCUT2D eigenvalue weighted by atomic mass is 35.5. The van der Waals surface area contributed by atoms with E-state index in [2.05, 4.69) is 10.3 Å². The van der Waals surface area contributed by atoms with Crippen LogP contribution in [-0.2, 0) is 19.7 Å². The summed E-state index contributed by atoms with van der Waals surface area (Å²) in [4.78, 5) is 4.09. The van der Waals surface area contributed by atoms with Crippen molar-refractivity contribution in [2.24, 2.45) is 0 Å². The lowest BCUT2D eigenvalue weighted by molar-refractivity contribution is 0.284. The summed E-state index contributed by atoms with van der Waals surface area (Å²) in [5.74, 6) is 0.866. The van der Waals surface area contributed by atoms with Gasteiger partial charge in [0.25, 0.3) is 0 Å². The van der Waals surface area contributed by atoms with Crippen molar-refractivity contribution in [2.75, 3.05) is 7.11 Å². The first kappa shape index (κ1) is 19.1. The van der Waals surface area contributed by atoms with Crippen molar-refractivity contribution in [3.63, 3.8) is 0 Å². The molecule has 0 radical (unpaired) electrons. The molecule has 0 aliphatic heterocycles. The monoisotopic (exact) mass is 386 g/mol. The fraction of sp³-hybridized carbons (Fsp3) is 0.190. The minimum atomic E-state index is -0.275. The SMILES string of the molecule is COc1cc(CNCc2cccnc2)c(Cl)cc1OCc1ccc(F)cc1. The molecule has 2 aromatic carbocycles. The van der Waals surface area contributed by atoms with Crippen LogP contribution in [0, 0.1) is 5.82 Å². The van der Waals surface area contributed by atoms with Gasteiger partial charge in [-0.25, -0.2) is 4.39 Å². The second-order valence-corrected chi connectivity index (χ2v) is 6.38. The number of rotatable bonds is 8. The van der Waals surface area contributed by atoms with E-state index in [1.165, 1.54) is 12.1 Å². The van der Waals surface area contributed by atoms with E-state index in [1.807, 2.05) is 24.4 Å². The molecule has 0 atom stereocenters. The third kappa shape index (κ3) is 5.42. The number of nitrogens with one attached hydrogen (secondary N) is 1. The van der Waals surface area contributed by atoms with Crippen LogP contribution in [0.15, 0.2) is 60.9 Å². The molecular weight excluding hydrogens is 367 g/mol. The molecule has 4 nitrogen and oxygen atoms in total. The summed E-state index contributed by atoms with van der Waals surface area (Å²) >= 11 is 6.41. The third-order valence-electron chi connectivity index (χ3n) is 4.01. The number of benzene rings is 2. The van der Waals surface area contributed by atoms with Crippen molar-refractivity contribution >= 4 is 11.6 Å². The van der Waals surface area contributed by atoms with Gasteiger partial charge in [-0.05, 0) is 41.0 Å². The minimum absolute atomic E-state index is 0.275. The van der Waals surface area contributed by atoms with Gasteiger partial charge in [-0.3, -0.25) is 4.98 Å². The van der Waals surface area contributed by atoms with Gasteiger partial charge < -0.3 is 14.8 Å². The maximum atomic E-state index is 13.0. The van der Waals surface area contributed by atoms with Crippen molar-refractivity contribution in [3.05, 3.63) is 88.5 Å². The van der Waals surface area contributed by atoms with Gasteiger partial charge in [0, 0.05) is 36.6 Å². The number of nitrogens with zero attached hydrogens (tertiary/aromatic N) is 1. The molecule has 3 rings (SSSR count). The number of hydrogen-bond donors (Lipinski definition) is 1. The van der Waals surface area contributed by atoms with Gasteiger partial charge in [0.15, 0.2) is 11.5 Å². The summed E-state index contributed by atoms with van der Waals surface area (Å²) in [6.45, 7) is 1.57. The predicted octanol–water partition coefficient (Wildman–Crippen LogP) is 4.75. The van der Waals surface area contributed by atoms with Crippen molar-refractivity contribution in [3.8, 4) is 11.5 Å². The summed E-state index contributed by atoms with van der Waals surface area (Å²) in [6.07, 6.45) is 3.57. The van der Waals surface area contributed by atoms with E-state index in [9.17, 15) is 4.39 Å². The Hall–Kier alpha value is -2.63. The van der Waals surface area contributed by atoms with E-state index in [0.29, 0.717) is 36.2 Å². The van der Waals surface area contributed by atoms with Crippen LogP contribution in [0.4, 0.5) is 4.39 Å². The lowest BCUT2D eigenvalue weighted by Gasteiger charge is -2.14. The van der Waals surface area contributed by atoms with Crippen molar-refractivity contribution < 1.29 is 13.9 Å². The van der Waals surface area contributed by atoms with Crippen LogP contribution in [0.3, 0.4) is 0 Å². The number of halogens is 2. The summed E-state index contributed by atoms with van der Waals surface area (Å²) in [5, 5.41) is 3.92. The van der Waals surface area contributed by atoms with E-state index in [1.54, 1.807) is 31.5 Å². The smallest absolute Gasteiger partial charge is 0.163 e. The minimum Gasteiger partial charge on any atom is -0.493 e. The summed E-state index contributed by atoms with van der Waals surface area (Å²) in [5.41, 5.74) is 2.86. The molecule has 27 heavy (non-hydrogen) atoms. The van der Waals surface area contributed by atoms with Gasteiger partial charge in [0.2, 0.25) is 0 Å². The fourth-order valence-corrected chi connectivity index (χ4v) is 2.79. The Bertz CT molecular complexity index is 873. The topological polar surface area (TPSA) is 43.4 Å². The van der Waals surface area contributed by atoms with Gasteiger partial charge in [0.1, 0.15) is 12.4 Å². The van der Waals surface area contributed by atoms with E-state index in [0.717, 1.165) is 16.7 Å². The maximum absolute atomic E-state index is 13.0. The molecule has 0 amide bonds. The summed E-state index contributed by atoms with van der Waals surface area (Å²) in [6, 6.07) is 13.7. The van der Waals surface area contributed by atoms with Crippen LogP contribution in [0.1, 0.15) is 16.7 Å². The van der Waals surface area contributed by atoms with Gasteiger partial charge >= 0.3 is 0 Å². The van der Waals surface area contributed by atoms with Crippen molar-refractivity contribution in [1.82, 2.24) is 10.3 Å². The lowest BCUT2D eigenvalue weighted by Crippen LogP contribution is -2.13. The van der Waals surface area contributed by atoms with Gasteiger partial charge in [0.05, 0.1) is 7.11 Å². The molecule has 1 aromatic heterocycles. The molecule has 0 unspecified atom stereocenters. The Kier molecular flexibility index (Phi) is 6.63. The molecule has 140 valence electrons. The van der Waals surface area contributed by atoms with E-state index >= 15 is 0 Å². The molecule has 6 heteroatoms. The average Bonchev–Trinajstić information content (AvgIpc) is 2.69. The van der Waals surface area contributed by atoms with Crippen LogP contribution in [0.2, 0.25) is 5.02 Å². The number of aromatic nitrogens is 1. The molecule has 0 spiro atoms. The number of ether oxygens (including phenoxy) is 2. The molecule has 1 N–H and O–H groups in total. The largest absolute Gasteiger partial charge is 0.493 e. The van der Waals surface area contributed by atoms with Crippen molar-refractivity contribution in [2.45, 2.75) is 19.7 Å². The number of hydrogen-bond acceptors (Lipinski definition) is 4. The molecule has 1 heterocycles. The fourth-order valence-electron chi connectivity index (χ4n) is 2.57. The zero-order valence-electron chi connectivity index (χ0n) is 14.9. The van der Waals surface area contributed by atoms with E-state index in [4.69, 9.17) is 21.1 Å². The Morgan fingerprint density at radius 1 is 1.04 bits per heavy atom. The molecular formula is C21H20ClFN2O2.